The summed E-state index contributed by atoms with van der Waals surface area (Å²) in [5.74, 6) is -0.569. The highest BCUT2D eigenvalue weighted by Gasteiger charge is 2.46. The van der Waals surface area contributed by atoms with E-state index in [-0.39, 0.29) is 17.8 Å². The first-order valence-corrected chi connectivity index (χ1v) is 8.18. The van der Waals surface area contributed by atoms with Crippen LogP contribution in [0.3, 0.4) is 0 Å². The van der Waals surface area contributed by atoms with E-state index in [4.69, 9.17) is 0 Å². The second-order valence-corrected chi connectivity index (χ2v) is 6.53. The van der Waals surface area contributed by atoms with Crippen LogP contribution in [0.25, 0.3) is 5.13 Å². The van der Waals surface area contributed by atoms with E-state index in [2.05, 4.69) is 4.98 Å². The van der Waals surface area contributed by atoms with Gasteiger partial charge in [0.15, 0.2) is 5.13 Å². The van der Waals surface area contributed by atoms with Crippen molar-refractivity contribution in [3.05, 3.63) is 35.1 Å². The quantitative estimate of drug-likeness (QED) is 0.832. The van der Waals surface area contributed by atoms with Crippen LogP contribution in [0.2, 0.25) is 0 Å². The number of rotatable bonds is 2. The van der Waals surface area contributed by atoms with Crippen molar-refractivity contribution in [1.82, 2.24) is 14.5 Å². The highest BCUT2D eigenvalue weighted by Crippen LogP contribution is 2.34. The summed E-state index contributed by atoms with van der Waals surface area (Å²) >= 11 is 1.12. The third-order valence-electron chi connectivity index (χ3n) is 3.95. The smallest absolute Gasteiger partial charge is 0.326 e. The summed E-state index contributed by atoms with van der Waals surface area (Å²) < 4.78 is 41.3. The predicted octanol–water partition coefficient (Wildman–Crippen LogP) is 3.80. The van der Waals surface area contributed by atoms with Gasteiger partial charge in [-0.3, -0.25) is 4.79 Å². The first kappa shape index (κ1) is 16.0. The molecule has 4 nitrogen and oxygen atoms in total. The van der Waals surface area contributed by atoms with E-state index in [0.717, 1.165) is 16.2 Å². The van der Waals surface area contributed by atoms with Gasteiger partial charge in [-0.15, -0.1) is 0 Å². The van der Waals surface area contributed by atoms with E-state index in [1.165, 1.54) is 0 Å². The van der Waals surface area contributed by atoms with E-state index in [1.54, 1.807) is 23.9 Å². The van der Waals surface area contributed by atoms with Crippen LogP contribution in [0.15, 0.2) is 24.5 Å². The molecule has 0 radical (unpaired) electrons. The van der Waals surface area contributed by atoms with Crippen molar-refractivity contribution in [3.8, 4) is 5.13 Å². The number of nitrogens with zero attached hydrogens (tertiary/aromatic N) is 3. The van der Waals surface area contributed by atoms with Crippen LogP contribution >= 0.6 is 11.3 Å². The molecule has 1 atom stereocenters. The molecule has 1 aliphatic rings. The number of thiazole rings is 1. The number of aryl methyl sites for hydroxylation is 1. The first-order valence-electron chi connectivity index (χ1n) is 7.36. The zero-order valence-corrected chi connectivity index (χ0v) is 13.3. The van der Waals surface area contributed by atoms with Crippen LogP contribution in [0.4, 0.5) is 13.2 Å². The highest BCUT2D eigenvalue weighted by molar-refractivity contribution is 7.16. The topological polar surface area (TPSA) is 38.1 Å². The average molecular weight is 343 g/mol. The lowest BCUT2D eigenvalue weighted by Crippen LogP contribution is -2.51. The van der Waals surface area contributed by atoms with Gasteiger partial charge in [0.05, 0.1) is 5.69 Å². The molecule has 0 bridgehead atoms. The molecule has 8 heteroatoms. The van der Waals surface area contributed by atoms with Crippen molar-refractivity contribution >= 4 is 17.2 Å². The van der Waals surface area contributed by atoms with Crippen molar-refractivity contribution in [3.63, 3.8) is 0 Å². The first-order chi connectivity index (χ1) is 10.9. The lowest BCUT2D eigenvalue weighted by atomic mass is 10.0. The molecular weight excluding hydrogens is 327 g/mol. The van der Waals surface area contributed by atoms with Crippen molar-refractivity contribution in [2.75, 3.05) is 6.54 Å². The van der Waals surface area contributed by atoms with Gasteiger partial charge in [-0.05, 0) is 38.3 Å². The van der Waals surface area contributed by atoms with Crippen LogP contribution in [0.5, 0.6) is 0 Å². The van der Waals surface area contributed by atoms with Gasteiger partial charge in [0.2, 0.25) is 0 Å². The average Bonchev–Trinajstić information content (AvgIpc) is 3.15. The lowest BCUT2D eigenvalue weighted by molar-refractivity contribution is -0.183. The molecule has 2 aromatic rings. The van der Waals surface area contributed by atoms with Gasteiger partial charge >= 0.3 is 6.18 Å². The molecule has 0 aromatic carbocycles. The Morgan fingerprint density at radius 2 is 2.00 bits per heavy atom. The zero-order valence-electron chi connectivity index (χ0n) is 12.5. The number of aromatic nitrogens is 2. The molecule has 0 N–H and O–H groups in total. The maximum atomic E-state index is 13.2. The molecule has 3 heterocycles. The summed E-state index contributed by atoms with van der Waals surface area (Å²) in [5, 5.41) is 0.580. The molecule has 1 aliphatic heterocycles. The summed E-state index contributed by atoms with van der Waals surface area (Å²) in [6, 6.07) is 1.95. The molecule has 3 rings (SSSR count). The predicted molar refractivity (Wildman–Crippen MR) is 80.9 cm³/mol. The van der Waals surface area contributed by atoms with E-state index >= 15 is 0 Å². The van der Waals surface area contributed by atoms with Crippen molar-refractivity contribution in [2.45, 2.75) is 38.4 Å². The molecule has 1 unspecified atom stereocenters. The maximum Gasteiger partial charge on any atom is 0.408 e. The van der Waals surface area contributed by atoms with Gasteiger partial charge in [-0.1, -0.05) is 11.3 Å². The van der Waals surface area contributed by atoms with Crippen LogP contribution in [0.1, 0.15) is 34.6 Å². The van der Waals surface area contributed by atoms with E-state index in [1.807, 2.05) is 12.1 Å². The summed E-state index contributed by atoms with van der Waals surface area (Å²) in [7, 11) is 0. The van der Waals surface area contributed by atoms with Gasteiger partial charge in [-0.25, -0.2) is 4.98 Å². The zero-order chi connectivity index (χ0) is 16.6. The van der Waals surface area contributed by atoms with Gasteiger partial charge < -0.3 is 9.47 Å². The Morgan fingerprint density at radius 1 is 1.30 bits per heavy atom. The van der Waals surface area contributed by atoms with Crippen LogP contribution in [-0.2, 0) is 0 Å². The second kappa shape index (κ2) is 5.99. The Labute approximate surface area is 135 Å². The number of hydrogen-bond acceptors (Lipinski definition) is 3. The lowest BCUT2D eigenvalue weighted by Gasteiger charge is -2.36. The number of carbonyl (C=O) groups is 1. The number of halogens is 3. The van der Waals surface area contributed by atoms with Crippen LogP contribution in [0, 0.1) is 6.92 Å². The summed E-state index contributed by atoms with van der Waals surface area (Å²) in [5.41, 5.74) is 0.468. The van der Waals surface area contributed by atoms with E-state index in [9.17, 15) is 18.0 Å². The Kier molecular flexibility index (Phi) is 4.18. The van der Waals surface area contributed by atoms with Gasteiger partial charge in [0, 0.05) is 18.9 Å². The van der Waals surface area contributed by atoms with Crippen LogP contribution < -0.4 is 0 Å². The maximum absolute atomic E-state index is 13.2. The third kappa shape index (κ3) is 3.12. The highest BCUT2D eigenvalue weighted by atomic mass is 32.1. The number of amides is 1. The van der Waals surface area contributed by atoms with Crippen molar-refractivity contribution in [2.24, 2.45) is 0 Å². The molecule has 2 aromatic heterocycles. The number of likely N-dealkylation sites (tertiary alicyclic amines) is 1. The summed E-state index contributed by atoms with van der Waals surface area (Å²) in [6.07, 6.45) is 0.234. The fraction of sp³-hybridized carbons (Fsp3) is 0.467. The largest absolute Gasteiger partial charge is 0.408 e. The standard InChI is InChI=1S/C15H16F3N3OS/c1-10-12(23-14(19-10)20-7-4-5-8-20)13(22)21-9-3-2-6-11(21)15(16,17)18/h4-5,7-8,11H,2-3,6,9H2,1H3. The molecule has 1 fully saturated rings. The Hall–Kier alpha value is -1.83. The molecule has 0 aliphatic carbocycles. The number of carbonyl (C=O) groups excluding carboxylic acids is 1. The Morgan fingerprint density at radius 3 is 2.65 bits per heavy atom. The van der Waals surface area contributed by atoms with E-state index in [0.29, 0.717) is 23.7 Å². The van der Waals surface area contributed by atoms with Gasteiger partial charge in [0.25, 0.3) is 5.91 Å². The molecule has 0 spiro atoms. The van der Waals surface area contributed by atoms with Gasteiger partial charge in [-0.2, -0.15) is 13.2 Å². The Bertz CT molecular complexity index is 693. The minimum absolute atomic E-state index is 0.0302. The monoisotopic (exact) mass is 343 g/mol. The van der Waals surface area contributed by atoms with Crippen LogP contribution in [-0.4, -0.2) is 39.1 Å². The number of alkyl halides is 3. The molecule has 1 amide bonds. The minimum atomic E-state index is -4.39. The molecule has 23 heavy (non-hydrogen) atoms. The second-order valence-electron chi connectivity index (χ2n) is 5.55. The van der Waals surface area contributed by atoms with Crippen molar-refractivity contribution in [1.29, 1.82) is 0 Å². The normalized spacial score (nSPS) is 19.1. The summed E-state index contributed by atoms with van der Waals surface area (Å²) in [6.45, 7) is 1.79. The fourth-order valence-electron chi connectivity index (χ4n) is 2.80. The van der Waals surface area contributed by atoms with Crippen molar-refractivity contribution < 1.29 is 18.0 Å². The fourth-order valence-corrected chi connectivity index (χ4v) is 3.79. The molecular formula is C15H16F3N3OS. The number of hydrogen-bond donors (Lipinski definition) is 0. The number of piperidine rings is 1. The third-order valence-corrected chi connectivity index (χ3v) is 5.11. The molecule has 124 valence electrons. The summed E-state index contributed by atoms with van der Waals surface area (Å²) in [4.78, 5) is 18.2. The minimum Gasteiger partial charge on any atom is -0.326 e. The molecule has 0 saturated carbocycles. The van der Waals surface area contributed by atoms with E-state index < -0.39 is 18.1 Å². The Balaban J connectivity index is 1.90. The SMILES string of the molecule is Cc1nc(-n2cccc2)sc1C(=O)N1CCCCC1C(F)(F)F. The van der Waals surface area contributed by atoms with Gasteiger partial charge in [0.1, 0.15) is 10.9 Å². The molecule has 1 saturated heterocycles.